The predicted octanol–water partition coefficient (Wildman–Crippen LogP) is 6.35. The Hall–Kier alpha value is -2.26. The summed E-state index contributed by atoms with van der Waals surface area (Å²) in [4.78, 5) is 0. The van der Waals surface area contributed by atoms with Crippen molar-refractivity contribution in [3.63, 3.8) is 0 Å². The normalized spacial score (nSPS) is 18.2. The first-order valence-electron chi connectivity index (χ1n) is 11.7. The fourth-order valence-electron chi connectivity index (χ4n) is 4.94. The summed E-state index contributed by atoms with van der Waals surface area (Å²) in [7, 11) is -0.547. The molecule has 0 saturated carbocycles. The van der Waals surface area contributed by atoms with Gasteiger partial charge in [0.1, 0.15) is 0 Å². The second-order valence-corrected chi connectivity index (χ2v) is 13.3. The molecule has 1 aliphatic heterocycles. The summed E-state index contributed by atoms with van der Waals surface area (Å²) in [6.45, 7) is 0. The Balaban J connectivity index is 1.43. The third kappa shape index (κ3) is 4.88. The standard InChI is InChI=1S/C30H30P2/c1-4-14-26(15-5-1)31-24-12-20-27(31)23-22-25-13-10-11-21-30(25)32(28-16-6-2-7-17-28)29-18-8-3-9-19-29/h1-11,13-19,21,27H,12,20,22-24H2. The summed E-state index contributed by atoms with van der Waals surface area (Å²) in [6, 6.07) is 42.7. The first-order chi connectivity index (χ1) is 15.9. The maximum atomic E-state index is 2.39. The van der Waals surface area contributed by atoms with Gasteiger partial charge in [0.2, 0.25) is 0 Å². The molecule has 2 atom stereocenters. The molecule has 0 amide bonds. The van der Waals surface area contributed by atoms with Crippen LogP contribution >= 0.6 is 15.8 Å². The molecule has 0 N–H and O–H groups in total. The van der Waals surface area contributed by atoms with Gasteiger partial charge in [-0.05, 0) is 72.2 Å². The van der Waals surface area contributed by atoms with Crippen LogP contribution in [-0.2, 0) is 6.42 Å². The van der Waals surface area contributed by atoms with Gasteiger partial charge >= 0.3 is 0 Å². The highest BCUT2D eigenvalue weighted by atomic mass is 31.1. The minimum atomic E-state index is -0.540. The number of hydrogen-bond acceptors (Lipinski definition) is 0. The van der Waals surface area contributed by atoms with Gasteiger partial charge in [-0.1, -0.05) is 123 Å². The first kappa shape index (κ1) is 21.6. The Morgan fingerprint density at radius 2 is 1.22 bits per heavy atom. The molecule has 0 aliphatic carbocycles. The van der Waals surface area contributed by atoms with Crippen molar-refractivity contribution in [1.82, 2.24) is 0 Å². The van der Waals surface area contributed by atoms with Crippen LogP contribution in [0.15, 0.2) is 115 Å². The lowest BCUT2D eigenvalue weighted by molar-refractivity contribution is 0.714. The summed E-state index contributed by atoms with van der Waals surface area (Å²) in [5, 5.41) is 6.01. The van der Waals surface area contributed by atoms with Crippen molar-refractivity contribution in [3.8, 4) is 0 Å². The smallest absolute Gasteiger partial charge is 0.0119 e. The molecule has 32 heavy (non-hydrogen) atoms. The van der Waals surface area contributed by atoms with Gasteiger partial charge in [-0.2, -0.15) is 0 Å². The van der Waals surface area contributed by atoms with Crippen molar-refractivity contribution >= 4 is 37.1 Å². The van der Waals surface area contributed by atoms with E-state index >= 15 is 0 Å². The average molecular weight is 453 g/mol. The Labute approximate surface area is 195 Å². The van der Waals surface area contributed by atoms with Crippen LogP contribution in [0.3, 0.4) is 0 Å². The van der Waals surface area contributed by atoms with Gasteiger partial charge in [0, 0.05) is 0 Å². The zero-order valence-electron chi connectivity index (χ0n) is 18.5. The summed E-state index contributed by atoms with van der Waals surface area (Å²) < 4.78 is 0. The highest BCUT2D eigenvalue weighted by molar-refractivity contribution is 7.79. The highest BCUT2D eigenvalue weighted by Crippen LogP contribution is 2.50. The predicted molar refractivity (Wildman–Crippen MR) is 144 cm³/mol. The Morgan fingerprint density at radius 3 is 1.88 bits per heavy atom. The summed E-state index contributed by atoms with van der Waals surface area (Å²) in [5.41, 5.74) is 2.40. The summed E-state index contributed by atoms with van der Waals surface area (Å²) >= 11 is 0. The van der Waals surface area contributed by atoms with Crippen molar-refractivity contribution in [3.05, 3.63) is 121 Å². The topological polar surface area (TPSA) is 0 Å². The zero-order valence-corrected chi connectivity index (χ0v) is 20.3. The molecule has 0 bridgehead atoms. The van der Waals surface area contributed by atoms with E-state index in [4.69, 9.17) is 0 Å². The molecular weight excluding hydrogens is 422 g/mol. The monoisotopic (exact) mass is 452 g/mol. The molecule has 5 rings (SSSR count). The average Bonchev–Trinajstić information content (AvgIpc) is 3.34. The summed E-state index contributed by atoms with van der Waals surface area (Å²) in [5.74, 6) is 0. The molecule has 0 nitrogen and oxygen atoms in total. The quantitative estimate of drug-likeness (QED) is 0.287. The van der Waals surface area contributed by atoms with Crippen molar-refractivity contribution in [2.45, 2.75) is 31.3 Å². The maximum Gasteiger partial charge on any atom is -0.0119 e. The number of aryl methyl sites for hydroxylation is 1. The van der Waals surface area contributed by atoms with Gasteiger partial charge in [0.15, 0.2) is 0 Å². The fourth-order valence-corrected chi connectivity index (χ4v) is 10.5. The van der Waals surface area contributed by atoms with Crippen LogP contribution in [0.25, 0.3) is 0 Å². The van der Waals surface area contributed by atoms with E-state index in [1.54, 1.807) is 10.9 Å². The van der Waals surface area contributed by atoms with Crippen LogP contribution in [0.2, 0.25) is 0 Å². The van der Waals surface area contributed by atoms with Crippen molar-refractivity contribution < 1.29 is 0 Å². The van der Waals surface area contributed by atoms with E-state index in [0.29, 0.717) is 0 Å². The molecule has 0 radical (unpaired) electrons. The van der Waals surface area contributed by atoms with E-state index in [-0.39, 0.29) is 7.92 Å². The van der Waals surface area contributed by atoms with Crippen molar-refractivity contribution in [2.75, 3.05) is 6.16 Å². The summed E-state index contributed by atoms with van der Waals surface area (Å²) in [6.07, 6.45) is 6.70. The van der Waals surface area contributed by atoms with Gasteiger partial charge in [0.25, 0.3) is 0 Å². The third-order valence-electron chi connectivity index (χ3n) is 6.47. The lowest BCUT2D eigenvalue weighted by Crippen LogP contribution is -2.23. The number of rotatable bonds is 7. The van der Waals surface area contributed by atoms with Gasteiger partial charge < -0.3 is 0 Å². The molecule has 4 aromatic carbocycles. The second kappa shape index (κ2) is 10.6. The van der Waals surface area contributed by atoms with Crippen LogP contribution in [0.5, 0.6) is 0 Å². The van der Waals surface area contributed by atoms with E-state index < -0.39 is 7.92 Å². The zero-order chi connectivity index (χ0) is 21.6. The first-order valence-corrected chi connectivity index (χ1v) is 14.6. The van der Waals surface area contributed by atoms with Gasteiger partial charge in [-0.3, -0.25) is 0 Å². The van der Waals surface area contributed by atoms with Crippen LogP contribution in [0, 0.1) is 0 Å². The molecule has 2 heteroatoms. The third-order valence-corrected chi connectivity index (χ3v) is 12.2. The molecule has 0 spiro atoms. The lowest BCUT2D eigenvalue weighted by Gasteiger charge is -2.24. The van der Waals surface area contributed by atoms with Crippen LogP contribution in [0.1, 0.15) is 24.8 Å². The Kier molecular flexibility index (Phi) is 7.13. The molecule has 4 aromatic rings. The molecular formula is C30H30P2. The SMILES string of the molecule is c1ccc(P(c2ccccc2)c2ccccc2CCC2CCCP2c2ccccc2)cc1. The number of benzene rings is 4. The van der Waals surface area contributed by atoms with Gasteiger partial charge in [-0.25, -0.2) is 0 Å². The molecule has 1 fully saturated rings. The van der Waals surface area contributed by atoms with E-state index in [2.05, 4.69) is 115 Å². The second-order valence-electron chi connectivity index (χ2n) is 8.50. The largest absolute Gasteiger partial charge is 0.0721 e. The molecule has 1 aliphatic rings. The van der Waals surface area contributed by atoms with Crippen LogP contribution < -0.4 is 21.2 Å². The Bertz CT molecular complexity index is 1070. The van der Waals surface area contributed by atoms with Crippen LogP contribution in [-0.4, -0.2) is 11.8 Å². The maximum absolute atomic E-state index is 2.39. The minimum absolute atomic E-state index is 0.00724. The lowest BCUT2D eigenvalue weighted by atomic mass is 10.1. The molecule has 0 aromatic heterocycles. The molecule has 1 saturated heterocycles. The van der Waals surface area contributed by atoms with Gasteiger partial charge in [-0.15, -0.1) is 0 Å². The molecule has 2 unspecified atom stereocenters. The van der Waals surface area contributed by atoms with Gasteiger partial charge in [0.05, 0.1) is 0 Å². The van der Waals surface area contributed by atoms with E-state index in [9.17, 15) is 0 Å². The fraction of sp³-hybridized carbons (Fsp3) is 0.200. The van der Waals surface area contributed by atoms with E-state index in [1.165, 1.54) is 47.8 Å². The Morgan fingerprint density at radius 1 is 0.656 bits per heavy atom. The van der Waals surface area contributed by atoms with E-state index in [1.807, 2.05) is 0 Å². The van der Waals surface area contributed by atoms with Crippen molar-refractivity contribution in [1.29, 1.82) is 0 Å². The van der Waals surface area contributed by atoms with E-state index in [0.717, 1.165) is 5.66 Å². The molecule has 160 valence electrons. The minimum Gasteiger partial charge on any atom is -0.0721 e. The van der Waals surface area contributed by atoms with Crippen molar-refractivity contribution in [2.24, 2.45) is 0 Å². The van der Waals surface area contributed by atoms with Crippen LogP contribution in [0.4, 0.5) is 0 Å². The number of hydrogen-bond donors (Lipinski definition) is 0. The highest BCUT2D eigenvalue weighted by Gasteiger charge is 2.28. The molecule has 1 heterocycles.